The average Bonchev–Trinajstić information content (AvgIpc) is 2.88. The van der Waals surface area contributed by atoms with Crippen molar-refractivity contribution in [3.8, 4) is 22.4 Å². The Morgan fingerprint density at radius 1 is 0.824 bits per heavy atom. The number of para-hydroxylation sites is 1. The van der Waals surface area contributed by atoms with Gasteiger partial charge in [-0.3, -0.25) is 4.79 Å². The molecule has 4 rings (SSSR count). The lowest BCUT2D eigenvalue weighted by Gasteiger charge is -2.16. The van der Waals surface area contributed by atoms with E-state index in [4.69, 9.17) is 4.74 Å². The minimum absolute atomic E-state index is 0.0644. The van der Waals surface area contributed by atoms with Crippen LogP contribution in [0.1, 0.15) is 17.3 Å². The Morgan fingerprint density at radius 3 is 2.03 bits per heavy atom. The summed E-state index contributed by atoms with van der Waals surface area (Å²) in [6, 6.07) is 28.3. The summed E-state index contributed by atoms with van der Waals surface area (Å²) >= 11 is 1.15. The van der Waals surface area contributed by atoms with Gasteiger partial charge in [-0.15, -0.1) is 10.2 Å². The Balaban J connectivity index is 1.76. The number of benzene rings is 3. The zero-order valence-electron chi connectivity index (χ0n) is 18.6. The molecule has 3 aromatic carbocycles. The molecule has 0 spiro atoms. The molecule has 0 aliphatic carbocycles. The van der Waals surface area contributed by atoms with Crippen LogP contribution in [0.3, 0.4) is 0 Å². The number of thioether (sulfide) groups is 1. The van der Waals surface area contributed by atoms with Crippen LogP contribution in [0.25, 0.3) is 22.4 Å². The van der Waals surface area contributed by atoms with Gasteiger partial charge in [0, 0.05) is 16.8 Å². The van der Waals surface area contributed by atoms with E-state index in [-0.39, 0.29) is 18.3 Å². The third kappa shape index (κ3) is 5.50. The zero-order valence-corrected chi connectivity index (χ0v) is 19.4. The Bertz CT molecular complexity index is 1270. The number of carbonyl (C=O) groups is 2. The highest BCUT2D eigenvalue weighted by atomic mass is 32.2. The fourth-order valence-corrected chi connectivity index (χ4v) is 4.22. The van der Waals surface area contributed by atoms with Gasteiger partial charge in [-0.05, 0) is 24.6 Å². The molecule has 0 aliphatic rings. The standard InChI is InChI=1S/C27H23N3O3S/c1-2-33-27(32)24-23(19-12-6-3-7-13-19)25(20-14-8-4-9-15-20)29-30-26(24)34-18-22(31)28-21-16-10-5-11-17-21/h3-17H,2,18H2,1H3,(H,28,31). The van der Waals surface area contributed by atoms with Crippen LogP contribution >= 0.6 is 11.8 Å². The van der Waals surface area contributed by atoms with Crippen molar-refractivity contribution in [1.82, 2.24) is 10.2 Å². The molecule has 0 bridgehead atoms. The summed E-state index contributed by atoms with van der Waals surface area (Å²) < 4.78 is 5.40. The lowest BCUT2D eigenvalue weighted by atomic mass is 9.96. The van der Waals surface area contributed by atoms with Crippen LogP contribution in [-0.4, -0.2) is 34.4 Å². The van der Waals surface area contributed by atoms with Gasteiger partial charge in [-0.1, -0.05) is 90.6 Å². The number of hydrogen-bond donors (Lipinski definition) is 1. The van der Waals surface area contributed by atoms with E-state index in [9.17, 15) is 9.59 Å². The average molecular weight is 470 g/mol. The van der Waals surface area contributed by atoms with Crippen molar-refractivity contribution >= 4 is 29.3 Å². The maximum Gasteiger partial charge on any atom is 0.341 e. The summed E-state index contributed by atoms with van der Waals surface area (Å²) in [5, 5.41) is 12.0. The SMILES string of the molecule is CCOC(=O)c1c(SCC(=O)Nc2ccccc2)nnc(-c2ccccc2)c1-c1ccccc1. The monoisotopic (exact) mass is 469 g/mol. The molecule has 0 radical (unpaired) electrons. The number of hydrogen-bond acceptors (Lipinski definition) is 6. The Morgan fingerprint density at radius 2 is 1.41 bits per heavy atom. The molecular formula is C27H23N3O3S. The predicted molar refractivity (Wildman–Crippen MR) is 135 cm³/mol. The van der Waals surface area contributed by atoms with Gasteiger partial charge in [0.25, 0.3) is 0 Å². The molecule has 1 amide bonds. The summed E-state index contributed by atoms with van der Waals surface area (Å²) in [5.74, 6) is -0.643. The maximum atomic E-state index is 13.2. The second-order valence-corrected chi connectivity index (χ2v) is 8.22. The molecule has 1 heterocycles. The number of esters is 1. The second-order valence-electron chi connectivity index (χ2n) is 7.26. The van der Waals surface area contributed by atoms with E-state index in [1.54, 1.807) is 6.92 Å². The third-order valence-electron chi connectivity index (χ3n) is 4.93. The minimum Gasteiger partial charge on any atom is -0.462 e. The van der Waals surface area contributed by atoms with Gasteiger partial charge in [0.1, 0.15) is 16.3 Å². The highest BCUT2D eigenvalue weighted by Gasteiger charge is 2.26. The summed E-state index contributed by atoms with van der Waals surface area (Å²) in [4.78, 5) is 25.7. The van der Waals surface area contributed by atoms with E-state index in [0.29, 0.717) is 27.5 Å². The minimum atomic E-state index is -0.501. The third-order valence-corrected chi connectivity index (χ3v) is 5.89. The number of amides is 1. The molecule has 1 aromatic heterocycles. The molecule has 0 unspecified atom stereocenters. The maximum absolute atomic E-state index is 13.2. The van der Waals surface area contributed by atoms with Gasteiger partial charge >= 0.3 is 5.97 Å². The normalized spacial score (nSPS) is 10.5. The molecule has 6 nitrogen and oxygen atoms in total. The Hall–Kier alpha value is -3.97. The lowest BCUT2D eigenvalue weighted by Crippen LogP contribution is -2.16. The topological polar surface area (TPSA) is 81.2 Å². The Kier molecular flexibility index (Phi) is 7.67. The first-order valence-corrected chi connectivity index (χ1v) is 11.8. The van der Waals surface area contributed by atoms with Crippen molar-refractivity contribution in [3.63, 3.8) is 0 Å². The van der Waals surface area contributed by atoms with E-state index >= 15 is 0 Å². The van der Waals surface area contributed by atoms with Crippen molar-refractivity contribution in [2.24, 2.45) is 0 Å². The lowest BCUT2D eigenvalue weighted by molar-refractivity contribution is -0.113. The van der Waals surface area contributed by atoms with Crippen molar-refractivity contribution < 1.29 is 14.3 Å². The summed E-state index contributed by atoms with van der Waals surface area (Å²) in [6.07, 6.45) is 0. The first kappa shape index (κ1) is 23.2. The second kappa shape index (κ2) is 11.2. The van der Waals surface area contributed by atoms with E-state index in [2.05, 4.69) is 15.5 Å². The number of nitrogens with one attached hydrogen (secondary N) is 1. The van der Waals surface area contributed by atoms with Gasteiger partial charge in [0.05, 0.1) is 12.4 Å². The van der Waals surface area contributed by atoms with Crippen LogP contribution < -0.4 is 5.32 Å². The van der Waals surface area contributed by atoms with Crippen molar-refractivity contribution in [2.45, 2.75) is 11.9 Å². The van der Waals surface area contributed by atoms with Crippen molar-refractivity contribution in [2.75, 3.05) is 17.7 Å². The van der Waals surface area contributed by atoms with E-state index in [1.807, 2.05) is 91.0 Å². The van der Waals surface area contributed by atoms with Crippen LogP contribution in [0, 0.1) is 0 Å². The van der Waals surface area contributed by atoms with E-state index < -0.39 is 5.97 Å². The van der Waals surface area contributed by atoms with Crippen LogP contribution in [-0.2, 0) is 9.53 Å². The quantitative estimate of drug-likeness (QED) is 0.263. The number of anilines is 1. The number of aromatic nitrogens is 2. The first-order valence-electron chi connectivity index (χ1n) is 10.8. The number of carbonyl (C=O) groups excluding carboxylic acids is 2. The largest absolute Gasteiger partial charge is 0.462 e. The van der Waals surface area contributed by atoms with Gasteiger partial charge in [0.2, 0.25) is 5.91 Å². The summed E-state index contributed by atoms with van der Waals surface area (Å²) in [5.41, 5.74) is 3.86. The van der Waals surface area contributed by atoms with Crippen molar-refractivity contribution in [3.05, 3.63) is 96.6 Å². The molecule has 0 atom stereocenters. The van der Waals surface area contributed by atoms with Crippen LogP contribution in [0.5, 0.6) is 0 Å². The molecule has 1 N–H and O–H groups in total. The Labute approximate surface area is 202 Å². The first-order chi connectivity index (χ1) is 16.7. The summed E-state index contributed by atoms with van der Waals surface area (Å²) in [6.45, 7) is 1.97. The summed E-state index contributed by atoms with van der Waals surface area (Å²) in [7, 11) is 0. The molecule has 0 fully saturated rings. The highest BCUT2D eigenvalue weighted by Crippen LogP contribution is 2.37. The van der Waals surface area contributed by atoms with Gasteiger partial charge in [0.15, 0.2) is 0 Å². The molecular weight excluding hydrogens is 446 g/mol. The molecule has 7 heteroatoms. The molecule has 170 valence electrons. The number of ether oxygens (including phenoxy) is 1. The van der Waals surface area contributed by atoms with Gasteiger partial charge in [-0.2, -0.15) is 0 Å². The van der Waals surface area contributed by atoms with E-state index in [1.165, 1.54) is 0 Å². The molecule has 34 heavy (non-hydrogen) atoms. The molecule has 0 aliphatic heterocycles. The smallest absolute Gasteiger partial charge is 0.341 e. The van der Waals surface area contributed by atoms with Crippen molar-refractivity contribution in [1.29, 1.82) is 0 Å². The highest BCUT2D eigenvalue weighted by molar-refractivity contribution is 8.00. The van der Waals surface area contributed by atoms with Crippen LogP contribution in [0.15, 0.2) is 96.0 Å². The van der Waals surface area contributed by atoms with Crippen LogP contribution in [0.4, 0.5) is 5.69 Å². The van der Waals surface area contributed by atoms with E-state index in [0.717, 1.165) is 22.9 Å². The van der Waals surface area contributed by atoms with Crippen LogP contribution in [0.2, 0.25) is 0 Å². The zero-order chi connectivity index (χ0) is 23.8. The van der Waals surface area contributed by atoms with Gasteiger partial charge < -0.3 is 10.1 Å². The fourth-order valence-electron chi connectivity index (χ4n) is 3.45. The fraction of sp³-hybridized carbons (Fsp3) is 0.111. The number of nitrogens with zero attached hydrogens (tertiary/aromatic N) is 2. The number of rotatable bonds is 8. The molecule has 4 aromatic rings. The predicted octanol–water partition coefficient (Wildman–Crippen LogP) is 5.72. The molecule has 0 saturated heterocycles. The van der Waals surface area contributed by atoms with Gasteiger partial charge in [-0.25, -0.2) is 4.79 Å². The molecule has 0 saturated carbocycles.